The van der Waals surface area contributed by atoms with Gasteiger partial charge >= 0.3 is 0 Å². The van der Waals surface area contributed by atoms with Gasteiger partial charge in [-0.15, -0.1) is 0 Å². The molecule has 2 atom stereocenters. The molecule has 1 aliphatic rings. The van der Waals surface area contributed by atoms with Gasteiger partial charge in [0.1, 0.15) is 5.78 Å². The molecule has 0 bridgehead atoms. The van der Waals surface area contributed by atoms with Gasteiger partial charge in [0.15, 0.2) is 0 Å². The molecule has 4 rings (SSSR count). The minimum atomic E-state index is -0.00948. The van der Waals surface area contributed by atoms with E-state index >= 15 is 0 Å². The summed E-state index contributed by atoms with van der Waals surface area (Å²) < 4.78 is 0. The minimum Gasteiger partial charge on any atom is -0.377 e. The maximum atomic E-state index is 12.8. The molecule has 26 heavy (non-hydrogen) atoms. The van der Waals surface area contributed by atoms with Gasteiger partial charge in [-0.05, 0) is 53.4 Å². The first-order valence-electron chi connectivity index (χ1n) is 9.49. The standard InChI is InChI=1S/C23H24N2O/c26-22-9-3-1-2-8-21(22)23(18-12-14-24-15-13-18)25-20-11-10-17-6-4-5-7-19(17)16-20/h4-7,10-16,21,23,25H,1-3,8-9H2/t21-,23-/m0/s1. The van der Waals surface area contributed by atoms with Crippen molar-refractivity contribution in [1.29, 1.82) is 0 Å². The van der Waals surface area contributed by atoms with E-state index in [1.807, 2.05) is 24.5 Å². The van der Waals surface area contributed by atoms with E-state index in [2.05, 4.69) is 52.8 Å². The molecule has 132 valence electrons. The Morgan fingerprint density at radius 1 is 0.923 bits per heavy atom. The molecule has 3 heteroatoms. The van der Waals surface area contributed by atoms with Crippen LogP contribution in [-0.4, -0.2) is 10.8 Å². The van der Waals surface area contributed by atoms with E-state index in [4.69, 9.17) is 0 Å². The Morgan fingerprint density at radius 3 is 2.58 bits per heavy atom. The highest BCUT2D eigenvalue weighted by atomic mass is 16.1. The van der Waals surface area contributed by atoms with Crippen LogP contribution in [0, 0.1) is 5.92 Å². The van der Waals surface area contributed by atoms with Gasteiger partial charge in [-0.25, -0.2) is 0 Å². The van der Waals surface area contributed by atoms with Crippen LogP contribution in [0.15, 0.2) is 67.0 Å². The van der Waals surface area contributed by atoms with Crippen molar-refractivity contribution in [2.24, 2.45) is 5.92 Å². The number of hydrogen-bond acceptors (Lipinski definition) is 3. The molecule has 2 aromatic carbocycles. The molecule has 0 spiro atoms. The van der Waals surface area contributed by atoms with Crippen LogP contribution in [0.2, 0.25) is 0 Å². The van der Waals surface area contributed by atoms with Crippen LogP contribution >= 0.6 is 0 Å². The lowest BCUT2D eigenvalue weighted by molar-refractivity contribution is -0.123. The largest absolute Gasteiger partial charge is 0.377 e. The highest BCUT2D eigenvalue weighted by Crippen LogP contribution is 2.34. The van der Waals surface area contributed by atoms with Crippen molar-refractivity contribution < 1.29 is 4.79 Å². The Kier molecular flexibility index (Phi) is 4.96. The summed E-state index contributed by atoms with van der Waals surface area (Å²) in [5.74, 6) is 0.406. The van der Waals surface area contributed by atoms with Crippen molar-refractivity contribution in [3.8, 4) is 0 Å². The molecule has 1 N–H and O–H groups in total. The number of carbonyl (C=O) groups excluding carboxylic acids is 1. The van der Waals surface area contributed by atoms with E-state index in [0.717, 1.165) is 36.9 Å². The van der Waals surface area contributed by atoms with Gasteiger partial charge in [0.05, 0.1) is 6.04 Å². The SMILES string of the molecule is O=C1CCCCC[C@@H]1[C@@H](Nc1ccc2ccccc2c1)c1ccncc1. The van der Waals surface area contributed by atoms with Gasteiger partial charge in [0, 0.05) is 30.4 Å². The maximum Gasteiger partial charge on any atom is 0.138 e. The number of hydrogen-bond donors (Lipinski definition) is 1. The number of aromatic nitrogens is 1. The van der Waals surface area contributed by atoms with Crippen molar-refractivity contribution in [2.45, 2.75) is 38.1 Å². The number of carbonyl (C=O) groups is 1. The van der Waals surface area contributed by atoms with E-state index in [9.17, 15) is 4.79 Å². The molecule has 1 saturated carbocycles. The summed E-state index contributed by atoms with van der Waals surface area (Å²) >= 11 is 0. The van der Waals surface area contributed by atoms with E-state index in [0.29, 0.717) is 12.2 Å². The van der Waals surface area contributed by atoms with E-state index < -0.39 is 0 Å². The van der Waals surface area contributed by atoms with Gasteiger partial charge in [0.25, 0.3) is 0 Å². The van der Waals surface area contributed by atoms with Crippen LogP contribution in [0.3, 0.4) is 0 Å². The molecular formula is C23H24N2O. The third-order valence-corrected chi connectivity index (χ3v) is 5.39. The molecule has 3 nitrogen and oxygen atoms in total. The topological polar surface area (TPSA) is 42.0 Å². The van der Waals surface area contributed by atoms with Crippen LogP contribution < -0.4 is 5.32 Å². The smallest absolute Gasteiger partial charge is 0.138 e. The quantitative estimate of drug-likeness (QED) is 0.632. The molecule has 0 aliphatic heterocycles. The zero-order valence-corrected chi connectivity index (χ0v) is 14.9. The number of fused-ring (bicyclic) bond motifs is 1. The fourth-order valence-electron chi connectivity index (χ4n) is 3.98. The summed E-state index contributed by atoms with van der Waals surface area (Å²) in [6.07, 6.45) is 8.57. The lowest BCUT2D eigenvalue weighted by Crippen LogP contribution is -2.27. The number of nitrogens with zero attached hydrogens (tertiary/aromatic N) is 1. The molecule has 0 saturated heterocycles. The Balaban J connectivity index is 1.68. The molecular weight excluding hydrogens is 320 g/mol. The zero-order valence-electron chi connectivity index (χ0n) is 14.9. The molecule has 1 fully saturated rings. The summed E-state index contributed by atoms with van der Waals surface area (Å²) in [4.78, 5) is 16.9. The molecule has 1 heterocycles. The molecule has 0 radical (unpaired) electrons. The fraction of sp³-hybridized carbons (Fsp3) is 0.304. The lowest BCUT2D eigenvalue weighted by Gasteiger charge is -2.28. The average Bonchev–Trinajstić information content (AvgIpc) is 2.91. The van der Waals surface area contributed by atoms with Crippen LogP contribution in [0.5, 0.6) is 0 Å². The number of anilines is 1. The van der Waals surface area contributed by atoms with Crippen molar-refractivity contribution in [2.75, 3.05) is 5.32 Å². The predicted octanol–water partition coefficient (Wildman–Crippen LogP) is 5.54. The second-order valence-corrected chi connectivity index (χ2v) is 7.14. The molecule has 0 unspecified atom stereocenters. The molecule has 0 amide bonds. The summed E-state index contributed by atoms with van der Waals surface area (Å²) in [6, 6.07) is 18.8. The number of rotatable bonds is 4. The monoisotopic (exact) mass is 344 g/mol. The van der Waals surface area contributed by atoms with Crippen molar-refractivity contribution >= 4 is 22.2 Å². The first-order chi connectivity index (χ1) is 12.8. The Bertz CT molecular complexity index is 891. The third kappa shape index (κ3) is 3.62. The van der Waals surface area contributed by atoms with Crippen LogP contribution in [-0.2, 0) is 4.79 Å². The minimum absolute atomic E-state index is 0.00948. The van der Waals surface area contributed by atoms with Gasteiger partial charge in [-0.3, -0.25) is 9.78 Å². The summed E-state index contributed by atoms with van der Waals surface area (Å²) in [5, 5.41) is 6.10. The Labute approximate surface area is 154 Å². The number of pyridine rings is 1. The lowest BCUT2D eigenvalue weighted by atomic mass is 9.86. The van der Waals surface area contributed by atoms with Crippen LogP contribution in [0.4, 0.5) is 5.69 Å². The highest BCUT2D eigenvalue weighted by Gasteiger charge is 2.30. The summed E-state index contributed by atoms with van der Waals surface area (Å²) in [7, 11) is 0. The summed E-state index contributed by atoms with van der Waals surface area (Å²) in [5.41, 5.74) is 2.19. The highest BCUT2D eigenvalue weighted by molar-refractivity contribution is 5.86. The van der Waals surface area contributed by atoms with Crippen LogP contribution in [0.25, 0.3) is 10.8 Å². The van der Waals surface area contributed by atoms with E-state index in [1.165, 1.54) is 10.8 Å². The van der Waals surface area contributed by atoms with E-state index in [1.54, 1.807) is 0 Å². The number of ketones is 1. The first-order valence-corrected chi connectivity index (χ1v) is 9.49. The third-order valence-electron chi connectivity index (χ3n) is 5.39. The Hall–Kier alpha value is -2.68. The molecule has 1 aliphatic carbocycles. The normalized spacial score (nSPS) is 19.1. The average molecular weight is 344 g/mol. The van der Waals surface area contributed by atoms with Crippen molar-refractivity contribution in [3.05, 3.63) is 72.6 Å². The number of benzene rings is 2. The zero-order chi connectivity index (χ0) is 17.8. The van der Waals surface area contributed by atoms with Gasteiger partial charge in [0.2, 0.25) is 0 Å². The van der Waals surface area contributed by atoms with Crippen molar-refractivity contribution in [1.82, 2.24) is 4.98 Å². The van der Waals surface area contributed by atoms with Gasteiger partial charge in [-0.1, -0.05) is 43.2 Å². The fourth-order valence-corrected chi connectivity index (χ4v) is 3.98. The number of nitrogens with one attached hydrogen (secondary N) is 1. The molecule has 3 aromatic rings. The van der Waals surface area contributed by atoms with E-state index in [-0.39, 0.29) is 12.0 Å². The van der Waals surface area contributed by atoms with Crippen molar-refractivity contribution in [3.63, 3.8) is 0 Å². The summed E-state index contributed by atoms with van der Waals surface area (Å²) in [6.45, 7) is 0. The van der Waals surface area contributed by atoms with Crippen LogP contribution in [0.1, 0.15) is 43.7 Å². The second-order valence-electron chi connectivity index (χ2n) is 7.14. The van der Waals surface area contributed by atoms with Gasteiger partial charge < -0.3 is 5.32 Å². The Morgan fingerprint density at radius 2 is 1.73 bits per heavy atom. The number of Topliss-reactive ketones (excluding diaryl/α,β-unsaturated/α-hetero) is 1. The molecule has 1 aromatic heterocycles. The first kappa shape index (κ1) is 16.8. The predicted molar refractivity (Wildman–Crippen MR) is 106 cm³/mol. The maximum absolute atomic E-state index is 12.8. The van der Waals surface area contributed by atoms with Gasteiger partial charge in [-0.2, -0.15) is 0 Å². The second kappa shape index (κ2) is 7.69.